The molecular formula is C14H25NO. The molecule has 0 bridgehead atoms. The van der Waals surface area contributed by atoms with Gasteiger partial charge in [-0.05, 0) is 43.9 Å². The van der Waals surface area contributed by atoms with Crippen molar-refractivity contribution in [1.29, 1.82) is 0 Å². The second-order valence-electron chi connectivity index (χ2n) is 6.55. The van der Waals surface area contributed by atoms with Crippen LogP contribution in [0.2, 0.25) is 0 Å². The third-order valence-corrected chi connectivity index (χ3v) is 5.54. The number of nitrogens with one attached hydrogen (secondary N) is 1. The van der Waals surface area contributed by atoms with Crippen molar-refractivity contribution in [3.63, 3.8) is 0 Å². The van der Waals surface area contributed by atoms with Crippen LogP contribution in [-0.2, 0) is 0 Å². The number of hydrogen-bond donors (Lipinski definition) is 2. The van der Waals surface area contributed by atoms with E-state index >= 15 is 0 Å². The summed E-state index contributed by atoms with van der Waals surface area (Å²) in [7, 11) is 0. The van der Waals surface area contributed by atoms with E-state index in [2.05, 4.69) is 5.32 Å². The Morgan fingerprint density at radius 1 is 1.00 bits per heavy atom. The molecule has 3 saturated carbocycles. The molecule has 16 heavy (non-hydrogen) atoms. The van der Waals surface area contributed by atoms with E-state index < -0.39 is 0 Å². The molecular weight excluding hydrogens is 198 g/mol. The molecule has 0 aliphatic heterocycles. The second-order valence-corrected chi connectivity index (χ2v) is 6.55. The van der Waals surface area contributed by atoms with E-state index in [9.17, 15) is 5.11 Å². The number of aliphatic hydroxyl groups excluding tert-OH is 1. The Morgan fingerprint density at radius 3 is 2.25 bits per heavy atom. The van der Waals surface area contributed by atoms with E-state index in [1.807, 2.05) is 0 Å². The average molecular weight is 223 g/mol. The number of hydrogen-bond acceptors (Lipinski definition) is 2. The van der Waals surface area contributed by atoms with Gasteiger partial charge in [-0.3, -0.25) is 0 Å². The molecule has 1 spiro atoms. The molecule has 0 aromatic carbocycles. The van der Waals surface area contributed by atoms with Crippen LogP contribution < -0.4 is 5.32 Å². The van der Waals surface area contributed by atoms with Crippen LogP contribution in [0.1, 0.15) is 57.8 Å². The minimum Gasteiger partial charge on any atom is -0.396 e. The van der Waals surface area contributed by atoms with Crippen molar-refractivity contribution in [1.82, 2.24) is 5.32 Å². The van der Waals surface area contributed by atoms with Crippen molar-refractivity contribution < 1.29 is 5.11 Å². The fraction of sp³-hybridized carbons (Fsp3) is 1.00. The van der Waals surface area contributed by atoms with Gasteiger partial charge >= 0.3 is 0 Å². The van der Waals surface area contributed by atoms with Crippen molar-refractivity contribution >= 4 is 0 Å². The molecule has 3 aliphatic carbocycles. The Balaban J connectivity index is 1.51. The Kier molecular flexibility index (Phi) is 2.75. The first-order valence-electron chi connectivity index (χ1n) is 7.13. The summed E-state index contributed by atoms with van der Waals surface area (Å²) < 4.78 is 0. The molecule has 92 valence electrons. The summed E-state index contributed by atoms with van der Waals surface area (Å²) >= 11 is 0. The summed E-state index contributed by atoms with van der Waals surface area (Å²) in [5.41, 5.74) is 0.954. The molecule has 1 unspecified atom stereocenters. The van der Waals surface area contributed by atoms with Crippen LogP contribution in [0.15, 0.2) is 0 Å². The van der Waals surface area contributed by atoms with Crippen molar-refractivity contribution in [3.8, 4) is 0 Å². The molecule has 0 amide bonds. The fourth-order valence-corrected chi connectivity index (χ4v) is 3.78. The van der Waals surface area contributed by atoms with Gasteiger partial charge in [0.05, 0.1) is 0 Å². The number of aliphatic hydroxyl groups is 1. The van der Waals surface area contributed by atoms with E-state index in [1.54, 1.807) is 0 Å². The lowest BCUT2D eigenvalue weighted by Gasteiger charge is -2.53. The third kappa shape index (κ3) is 1.80. The van der Waals surface area contributed by atoms with Crippen molar-refractivity contribution in [2.75, 3.05) is 13.2 Å². The number of rotatable bonds is 4. The zero-order valence-corrected chi connectivity index (χ0v) is 10.3. The van der Waals surface area contributed by atoms with Gasteiger partial charge in [0.1, 0.15) is 0 Å². The Bertz CT molecular complexity index is 253. The first kappa shape index (κ1) is 11.0. The van der Waals surface area contributed by atoms with Gasteiger partial charge in [-0.1, -0.05) is 19.3 Å². The molecule has 3 aliphatic rings. The maximum Gasteiger partial charge on any atom is 0.0499 e. The standard InChI is InChI=1S/C14H25NO/c16-11-13(8-9-13)10-15-12-4-7-14(12)5-2-1-3-6-14/h12,15-16H,1-11H2. The summed E-state index contributed by atoms with van der Waals surface area (Å²) in [6, 6.07) is 0.775. The van der Waals surface area contributed by atoms with E-state index in [0.29, 0.717) is 12.0 Å². The maximum atomic E-state index is 9.32. The van der Waals surface area contributed by atoms with Gasteiger partial charge in [-0.25, -0.2) is 0 Å². The van der Waals surface area contributed by atoms with Gasteiger partial charge in [0.25, 0.3) is 0 Å². The van der Waals surface area contributed by atoms with E-state index in [4.69, 9.17) is 0 Å². The minimum absolute atomic E-state index is 0.283. The van der Waals surface area contributed by atoms with Gasteiger partial charge < -0.3 is 10.4 Å². The van der Waals surface area contributed by atoms with Crippen molar-refractivity contribution in [3.05, 3.63) is 0 Å². The third-order valence-electron chi connectivity index (χ3n) is 5.54. The molecule has 2 nitrogen and oxygen atoms in total. The second kappa shape index (κ2) is 3.99. The molecule has 2 N–H and O–H groups in total. The van der Waals surface area contributed by atoms with E-state index in [0.717, 1.165) is 12.6 Å². The van der Waals surface area contributed by atoms with Gasteiger partial charge in [-0.2, -0.15) is 0 Å². The largest absolute Gasteiger partial charge is 0.396 e. The lowest BCUT2D eigenvalue weighted by molar-refractivity contribution is 0.0183. The van der Waals surface area contributed by atoms with E-state index in [-0.39, 0.29) is 5.41 Å². The van der Waals surface area contributed by atoms with Gasteiger partial charge in [-0.15, -0.1) is 0 Å². The van der Waals surface area contributed by atoms with Crippen LogP contribution in [0.25, 0.3) is 0 Å². The average Bonchev–Trinajstić information content (AvgIpc) is 3.10. The summed E-state index contributed by atoms with van der Waals surface area (Å²) in [4.78, 5) is 0. The summed E-state index contributed by atoms with van der Waals surface area (Å²) in [6.07, 6.45) is 12.6. The zero-order chi connectivity index (χ0) is 11.1. The minimum atomic E-state index is 0.283. The molecule has 3 rings (SSSR count). The molecule has 0 aromatic rings. The quantitative estimate of drug-likeness (QED) is 0.767. The van der Waals surface area contributed by atoms with Crippen molar-refractivity contribution in [2.45, 2.75) is 63.8 Å². The highest BCUT2D eigenvalue weighted by atomic mass is 16.3. The summed E-state index contributed by atoms with van der Waals surface area (Å²) in [5.74, 6) is 0. The molecule has 0 heterocycles. The highest BCUT2D eigenvalue weighted by Gasteiger charge is 2.49. The van der Waals surface area contributed by atoms with Gasteiger partial charge in [0.2, 0.25) is 0 Å². The first-order valence-corrected chi connectivity index (χ1v) is 7.13. The maximum absolute atomic E-state index is 9.32. The molecule has 1 atom stereocenters. The SMILES string of the molecule is OCC1(CNC2CCC23CCCCC3)CC1. The van der Waals surface area contributed by atoms with Gasteiger partial charge in [0.15, 0.2) is 0 Å². The highest BCUT2D eigenvalue weighted by molar-refractivity contribution is 5.04. The van der Waals surface area contributed by atoms with Crippen LogP contribution in [0.4, 0.5) is 0 Å². The topological polar surface area (TPSA) is 32.3 Å². The highest BCUT2D eigenvalue weighted by Crippen LogP contribution is 2.52. The first-order chi connectivity index (χ1) is 7.79. The summed E-state index contributed by atoms with van der Waals surface area (Å²) in [5, 5.41) is 13.1. The molecule has 3 fully saturated rings. The predicted octanol–water partition coefficient (Wildman–Crippen LogP) is 2.46. The lowest BCUT2D eigenvalue weighted by Crippen LogP contribution is -2.55. The molecule has 2 heteroatoms. The predicted molar refractivity (Wildman–Crippen MR) is 65.3 cm³/mol. The normalized spacial score (nSPS) is 34.7. The Morgan fingerprint density at radius 2 is 1.75 bits per heavy atom. The smallest absolute Gasteiger partial charge is 0.0499 e. The molecule has 0 aromatic heterocycles. The van der Waals surface area contributed by atoms with Crippen molar-refractivity contribution in [2.24, 2.45) is 10.8 Å². The van der Waals surface area contributed by atoms with Crippen LogP contribution in [0.3, 0.4) is 0 Å². The van der Waals surface area contributed by atoms with Crippen LogP contribution in [0.5, 0.6) is 0 Å². The Labute approximate surface area is 98.8 Å². The van der Waals surface area contributed by atoms with Crippen LogP contribution >= 0.6 is 0 Å². The summed E-state index contributed by atoms with van der Waals surface area (Å²) in [6.45, 7) is 1.45. The molecule has 0 saturated heterocycles. The van der Waals surface area contributed by atoms with Crippen LogP contribution in [0, 0.1) is 10.8 Å². The molecule has 0 radical (unpaired) electrons. The van der Waals surface area contributed by atoms with E-state index in [1.165, 1.54) is 57.8 Å². The van der Waals surface area contributed by atoms with Crippen LogP contribution in [-0.4, -0.2) is 24.3 Å². The fourth-order valence-electron chi connectivity index (χ4n) is 3.78. The monoisotopic (exact) mass is 223 g/mol. The van der Waals surface area contributed by atoms with Gasteiger partial charge in [0, 0.05) is 24.6 Å². The lowest BCUT2D eigenvalue weighted by atomic mass is 9.57. The Hall–Kier alpha value is -0.0800. The zero-order valence-electron chi connectivity index (χ0n) is 10.3.